The summed E-state index contributed by atoms with van der Waals surface area (Å²) in [6.45, 7) is 0.765. The molecule has 0 radical (unpaired) electrons. The van der Waals surface area contributed by atoms with E-state index >= 15 is 0 Å². The van der Waals surface area contributed by atoms with E-state index in [1.54, 1.807) is 24.3 Å². The maximum absolute atomic E-state index is 12.4. The summed E-state index contributed by atoms with van der Waals surface area (Å²) in [6.07, 6.45) is 1.19. The number of aromatic amines is 1. The van der Waals surface area contributed by atoms with Gasteiger partial charge < -0.3 is 14.5 Å². The number of hydrogen-bond donors (Lipinski definition) is 1. The molecule has 7 heteroatoms. The zero-order chi connectivity index (χ0) is 19.8. The van der Waals surface area contributed by atoms with E-state index in [9.17, 15) is 14.4 Å². The third-order valence-electron chi connectivity index (χ3n) is 4.22. The van der Waals surface area contributed by atoms with Gasteiger partial charge in [0.15, 0.2) is 0 Å². The van der Waals surface area contributed by atoms with E-state index in [0.29, 0.717) is 30.4 Å². The van der Waals surface area contributed by atoms with Crippen LogP contribution in [0.5, 0.6) is 5.75 Å². The van der Waals surface area contributed by atoms with Crippen molar-refractivity contribution in [2.45, 2.75) is 25.8 Å². The number of hydrogen-bond acceptors (Lipinski definition) is 5. The van der Waals surface area contributed by atoms with Crippen molar-refractivity contribution < 1.29 is 14.3 Å². The average molecular weight is 382 g/mol. The molecule has 0 atom stereocenters. The van der Waals surface area contributed by atoms with Crippen LogP contribution in [0, 0.1) is 0 Å². The number of rotatable bonds is 9. The van der Waals surface area contributed by atoms with Crippen LogP contribution >= 0.6 is 0 Å². The molecule has 1 aromatic heterocycles. The number of carbonyl (C=O) groups is 1. The first kappa shape index (κ1) is 19.4. The van der Waals surface area contributed by atoms with Gasteiger partial charge in [-0.2, -0.15) is 0 Å². The molecule has 0 bridgehead atoms. The molecule has 0 aliphatic rings. The highest BCUT2D eigenvalue weighted by Crippen LogP contribution is 2.09. The van der Waals surface area contributed by atoms with Crippen LogP contribution in [0.15, 0.2) is 64.2 Å². The highest BCUT2D eigenvalue weighted by atomic mass is 16.5. The fourth-order valence-electron chi connectivity index (χ4n) is 2.81. The zero-order valence-electron chi connectivity index (χ0n) is 15.4. The molecule has 0 amide bonds. The molecule has 7 nitrogen and oxygen atoms in total. The summed E-state index contributed by atoms with van der Waals surface area (Å²) in [4.78, 5) is 38.9. The maximum Gasteiger partial charge on any atom is 0.328 e. The van der Waals surface area contributed by atoms with Crippen LogP contribution in [-0.4, -0.2) is 28.7 Å². The molecule has 3 aromatic rings. The maximum atomic E-state index is 12.4. The number of nitrogens with one attached hydrogen (secondary N) is 1. The molecule has 0 aliphatic carbocycles. The predicted octanol–water partition coefficient (Wildman–Crippen LogP) is 2.48. The lowest BCUT2D eigenvalue weighted by atomic mass is 10.2. The van der Waals surface area contributed by atoms with Crippen LogP contribution in [0.25, 0.3) is 10.9 Å². The van der Waals surface area contributed by atoms with Crippen molar-refractivity contribution in [3.63, 3.8) is 0 Å². The Bertz CT molecular complexity index is 1040. The van der Waals surface area contributed by atoms with E-state index in [1.165, 1.54) is 0 Å². The minimum absolute atomic E-state index is 0.150. The Hall–Kier alpha value is -3.35. The molecule has 0 saturated carbocycles. The van der Waals surface area contributed by atoms with Crippen molar-refractivity contribution in [1.29, 1.82) is 0 Å². The lowest BCUT2D eigenvalue weighted by molar-refractivity contribution is -0.144. The van der Waals surface area contributed by atoms with Crippen LogP contribution < -0.4 is 16.0 Å². The van der Waals surface area contributed by atoms with E-state index in [4.69, 9.17) is 9.47 Å². The summed E-state index contributed by atoms with van der Waals surface area (Å²) in [5.41, 5.74) is -0.297. The van der Waals surface area contributed by atoms with Gasteiger partial charge in [-0.05, 0) is 37.1 Å². The van der Waals surface area contributed by atoms with Crippen LogP contribution in [0.1, 0.15) is 19.3 Å². The Kier molecular flexibility index (Phi) is 6.62. The van der Waals surface area contributed by atoms with Gasteiger partial charge in [0.1, 0.15) is 5.75 Å². The monoisotopic (exact) mass is 382 g/mol. The van der Waals surface area contributed by atoms with Gasteiger partial charge in [0.05, 0.1) is 24.1 Å². The van der Waals surface area contributed by atoms with Crippen LogP contribution in [0.4, 0.5) is 0 Å². The number of para-hydroxylation sites is 2. The number of nitrogens with zero attached hydrogens (tertiary/aromatic N) is 1. The second-order valence-electron chi connectivity index (χ2n) is 6.27. The topological polar surface area (TPSA) is 90.4 Å². The molecular weight excluding hydrogens is 360 g/mol. The Balaban J connectivity index is 1.40. The summed E-state index contributed by atoms with van der Waals surface area (Å²) < 4.78 is 11.8. The van der Waals surface area contributed by atoms with Gasteiger partial charge in [0.25, 0.3) is 5.56 Å². The molecular formula is C21H22N2O5. The number of esters is 1. The van der Waals surface area contributed by atoms with Gasteiger partial charge in [-0.15, -0.1) is 0 Å². The van der Waals surface area contributed by atoms with Gasteiger partial charge in [0.2, 0.25) is 0 Å². The van der Waals surface area contributed by atoms with Crippen LogP contribution in [-0.2, 0) is 16.1 Å². The Morgan fingerprint density at radius 2 is 1.68 bits per heavy atom. The van der Waals surface area contributed by atoms with E-state index in [2.05, 4.69) is 4.98 Å². The van der Waals surface area contributed by atoms with Crippen molar-refractivity contribution in [2.75, 3.05) is 13.2 Å². The predicted molar refractivity (Wildman–Crippen MR) is 106 cm³/mol. The summed E-state index contributed by atoms with van der Waals surface area (Å²) in [5.74, 6) is 0.443. The van der Waals surface area contributed by atoms with Crippen molar-refractivity contribution in [3.05, 3.63) is 75.4 Å². The minimum atomic E-state index is -0.465. The largest absolute Gasteiger partial charge is 0.494 e. The molecule has 0 unspecified atom stereocenters. The van der Waals surface area contributed by atoms with E-state index in [0.717, 1.165) is 10.3 Å². The normalized spacial score (nSPS) is 10.7. The quantitative estimate of drug-likeness (QED) is 0.454. The van der Waals surface area contributed by atoms with Gasteiger partial charge >= 0.3 is 11.7 Å². The fourth-order valence-corrected chi connectivity index (χ4v) is 2.81. The van der Waals surface area contributed by atoms with Gasteiger partial charge in [-0.25, -0.2) is 4.79 Å². The minimum Gasteiger partial charge on any atom is -0.494 e. The first-order valence-corrected chi connectivity index (χ1v) is 9.20. The molecule has 146 valence electrons. The van der Waals surface area contributed by atoms with E-state index in [1.807, 2.05) is 30.3 Å². The molecule has 1 N–H and O–H groups in total. The molecule has 0 fully saturated rings. The Labute approximate surface area is 161 Å². The smallest absolute Gasteiger partial charge is 0.328 e. The molecule has 28 heavy (non-hydrogen) atoms. The second kappa shape index (κ2) is 9.55. The molecule has 1 heterocycles. The SMILES string of the molecule is O=C(CCCOc1ccccc1)OCCCn1c(=O)[nH]c2ccccc2c1=O. The number of H-pyrrole nitrogens is 1. The molecule has 0 spiro atoms. The molecule has 0 aliphatic heterocycles. The summed E-state index contributed by atoms with van der Waals surface area (Å²) in [7, 11) is 0. The fraction of sp³-hybridized carbons (Fsp3) is 0.286. The van der Waals surface area contributed by atoms with Crippen molar-refractivity contribution in [3.8, 4) is 5.75 Å². The standard InChI is InChI=1S/C21H22N2O5/c24-19(12-6-14-27-16-8-2-1-3-9-16)28-15-7-13-23-20(25)17-10-4-5-11-18(17)22-21(23)26/h1-5,8-11H,6-7,12-15H2,(H,22,26). The van der Waals surface area contributed by atoms with Crippen LogP contribution in [0.2, 0.25) is 0 Å². The highest BCUT2D eigenvalue weighted by molar-refractivity contribution is 5.76. The number of aromatic nitrogens is 2. The number of ether oxygens (including phenoxy) is 2. The number of fused-ring (bicyclic) bond motifs is 1. The average Bonchev–Trinajstić information content (AvgIpc) is 2.71. The van der Waals surface area contributed by atoms with Gasteiger partial charge in [0, 0.05) is 13.0 Å². The summed E-state index contributed by atoms with van der Waals surface area (Å²) in [5, 5.41) is 0.456. The van der Waals surface area contributed by atoms with E-state index in [-0.39, 0.29) is 31.1 Å². The van der Waals surface area contributed by atoms with Crippen molar-refractivity contribution in [1.82, 2.24) is 9.55 Å². The molecule has 0 saturated heterocycles. The lowest BCUT2D eigenvalue weighted by Gasteiger charge is -2.08. The highest BCUT2D eigenvalue weighted by Gasteiger charge is 2.08. The molecule has 3 rings (SSSR count). The lowest BCUT2D eigenvalue weighted by Crippen LogP contribution is -2.35. The first-order valence-electron chi connectivity index (χ1n) is 9.20. The van der Waals surface area contributed by atoms with Gasteiger partial charge in [-0.3, -0.25) is 14.2 Å². The van der Waals surface area contributed by atoms with Crippen LogP contribution in [0.3, 0.4) is 0 Å². The molecule has 2 aromatic carbocycles. The second-order valence-corrected chi connectivity index (χ2v) is 6.27. The summed E-state index contributed by atoms with van der Waals surface area (Å²) in [6, 6.07) is 16.2. The number of benzene rings is 2. The van der Waals surface area contributed by atoms with E-state index < -0.39 is 5.69 Å². The van der Waals surface area contributed by atoms with Crippen molar-refractivity contribution >= 4 is 16.9 Å². The third kappa shape index (κ3) is 5.09. The number of carbonyl (C=O) groups excluding carboxylic acids is 1. The Morgan fingerprint density at radius 3 is 2.50 bits per heavy atom. The Morgan fingerprint density at radius 1 is 0.929 bits per heavy atom. The first-order chi connectivity index (χ1) is 13.6. The third-order valence-corrected chi connectivity index (χ3v) is 4.22. The summed E-state index contributed by atoms with van der Waals surface area (Å²) >= 11 is 0. The van der Waals surface area contributed by atoms with Gasteiger partial charge in [-0.1, -0.05) is 30.3 Å². The zero-order valence-corrected chi connectivity index (χ0v) is 15.4. The van der Waals surface area contributed by atoms with Crippen molar-refractivity contribution in [2.24, 2.45) is 0 Å².